The average Bonchev–Trinajstić information content (AvgIpc) is 2.91. The molecule has 1 aliphatic rings. The quantitative estimate of drug-likeness (QED) is 0.239. The van der Waals surface area contributed by atoms with Crippen molar-refractivity contribution in [3.05, 3.63) is 72.1 Å². The van der Waals surface area contributed by atoms with E-state index in [-0.39, 0.29) is 6.04 Å². The zero-order chi connectivity index (χ0) is 26.5. The first-order chi connectivity index (χ1) is 18.5. The van der Waals surface area contributed by atoms with Crippen molar-refractivity contribution in [1.82, 2.24) is 25.0 Å². The Morgan fingerprint density at radius 3 is 2.79 bits per heavy atom. The molecule has 2 aromatic carbocycles. The summed E-state index contributed by atoms with van der Waals surface area (Å²) in [6.45, 7) is 5.79. The number of anilines is 1. The van der Waals surface area contributed by atoms with E-state index in [1.54, 1.807) is 12.4 Å². The highest BCUT2D eigenvalue weighted by Crippen LogP contribution is 2.37. The van der Waals surface area contributed by atoms with Crippen LogP contribution in [0.25, 0.3) is 22.0 Å². The maximum atomic E-state index is 11.1. The van der Waals surface area contributed by atoms with Crippen LogP contribution >= 0.6 is 0 Å². The maximum absolute atomic E-state index is 11.1. The molecule has 198 valence electrons. The van der Waals surface area contributed by atoms with E-state index >= 15 is 0 Å². The summed E-state index contributed by atoms with van der Waals surface area (Å²) in [5.41, 5.74) is 3.49. The number of ether oxygens (including phenoxy) is 1. The Bertz CT molecular complexity index is 1500. The molecule has 3 heterocycles. The number of nitrogens with zero attached hydrogens (tertiary/aromatic N) is 3. The molecule has 3 N–H and O–H groups in total. The van der Waals surface area contributed by atoms with Crippen molar-refractivity contribution in [3.63, 3.8) is 0 Å². The van der Waals surface area contributed by atoms with Crippen LogP contribution in [0.1, 0.15) is 30.9 Å². The fraction of sp³-hybridized carbons (Fsp3) is 0.321. The summed E-state index contributed by atoms with van der Waals surface area (Å²) in [4.78, 5) is 13.7. The number of rotatable bonds is 9. The molecule has 5 rings (SSSR count). The second-order valence-electron chi connectivity index (χ2n) is 9.63. The number of aromatic nitrogens is 3. The molecule has 1 fully saturated rings. The fourth-order valence-electron chi connectivity index (χ4n) is 4.87. The van der Waals surface area contributed by atoms with E-state index in [1.807, 2.05) is 56.3 Å². The normalized spacial score (nSPS) is 16.4. The van der Waals surface area contributed by atoms with Gasteiger partial charge in [0.25, 0.3) is 0 Å². The van der Waals surface area contributed by atoms with Gasteiger partial charge in [-0.2, -0.15) is 0 Å². The molecule has 2 unspecified atom stereocenters. The number of benzene rings is 2. The Kier molecular flexibility index (Phi) is 8.11. The zero-order valence-electron chi connectivity index (χ0n) is 21.5. The van der Waals surface area contributed by atoms with Crippen molar-refractivity contribution in [2.75, 3.05) is 18.4 Å². The van der Waals surface area contributed by atoms with Gasteiger partial charge in [0.05, 0.1) is 11.3 Å². The smallest absolute Gasteiger partial charge is 0.228 e. The van der Waals surface area contributed by atoms with Crippen molar-refractivity contribution in [1.29, 1.82) is 0 Å². The van der Waals surface area contributed by atoms with Gasteiger partial charge < -0.3 is 15.4 Å². The molecule has 2 aromatic heterocycles. The van der Waals surface area contributed by atoms with Gasteiger partial charge in [0.1, 0.15) is 5.75 Å². The Hall–Kier alpha value is -3.60. The molecule has 9 nitrogen and oxygen atoms in total. The number of piperidine rings is 1. The number of nitrogens with one attached hydrogen (secondary N) is 3. The Morgan fingerprint density at radius 2 is 1.97 bits per heavy atom. The third-order valence-electron chi connectivity index (χ3n) is 6.68. The Morgan fingerprint density at radius 1 is 1.08 bits per heavy atom. The molecule has 0 bridgehead atoms. The molecule has 0 amide bonds. The van der Waals surface area contributed by atoms with E-state index in [2.05, 4.69) is 31.4 Å². The van der Waals surface area contributed by atoms with Crippen LogP contribution in [0, 0.1) is 6.92 Å². The van der Waals surface area contributed by atoms with Crippen molar-refractivity contribution in [2.24, 2.45) is 0 Å². The molecule has 1 saturated heterocycles. The van der Waals surface area contributed by atoms with Crippen LogP contribution in [-0.4, -0.2) is 48.5 Å². The van der Waals surface area contributed by atoms with Gasteiger partial charge in [0, 0.05) is 36.4 Å². The molecule has 2 atom stereocenters. The highest BCUT2D eigenvalue weighted by molar-refractivity contribution is 7.70. The van der Waals surface area contributed by atoms with E-state index in [0.717, 1.165) is 59.1 Å². The number of fused-ring (bicyclic) bond motifs is 1. The predicted octanol–water partition coefficient (Wildman–Crippen LogP) is 4.00. The van der Waals surface area contributed by atoms with Crippen molar-refractivity contribution in [2.45, 2.75) is 45.2 Å². The minimum Gasteiger partial charge on any atom is -0.437 e. The summed E-state index contributed by atoms with van der Waals surface area (Å²) in [6, 6.07) is 15.8. The molecule has 10 heteroatoms. The summed E-state index contributed by atoms with van der Waals surface area (Å²) in [6.07, 6.45) is 6.21. The molecule has 4 aromatic rings. The van der Waals surface area contributed by atoms with Gasteiger partial charge in [-0.15, -0.1) is 0 Å². The lowest BCUT2D eigenvalue weighted by Crippen LogP contribution is -2.38. The number of aryl methyl sites for hydroxylation is 1. The van der Waals surface area contributed by atoms with Gasteiger partial charge in [-0.25, -0.2) is 28.1 Å². The van der Waals surface area contributed by atoms with Crippen LogP contribution in [-0.2, 0) is 17.3 Å². The lowest BCUT2D eigenvalue weighted by Gasteiger charge is -2.23. The summed E-state index contributed by atoms with van der Waals surface area (Å²) >= 11 is 0. The molecule has 0 radical (unpaired) electrons. The van der Waals surface area contributed by atoms with Crippen molar-refractivity contribution < 1.29 is 13.2 Å². The van der Waals surface area contributed by atoms with Crippen LogP contribution in [0.4, 0.5) is 5.95 Å². The summed E-state index contributed by atoms with van der Waals surface area (Å²) < 4.78 is 31.3. The first kappa shape index (κ1) is 26.0. The molecule has 38 heavy (non-hydrogen) atoms. The largest absolute Gasteiger partial charge is 0.437 e. The molecule has 0 saturated carbocycles. The van der Waals surface area contributed by atoms with Gasteiger partial charge in [0.15, 0.2) is 0 Å². The highest BCUT2D eigenvalue weighted by atomic mass is 32.2. The monoisotopic (exact) mass is 532 g/mol. The van der Waals surface area contributed by atoms with Gasteiger partial charge >= 0.3 is 0 Å². The minimum atomic E-state index is -2.66. The first-order valence-corrected chi connectivity index (χ1v) is 14.0. The van der Waals surface area contributed by atoms with Gasteiger partial charge in [-0.1, -0.05) is 30.3 Å². The minimum absolute atomic E-state index is 0.222. The average molecular weight is 533 g/mol. The third kappa shape index (κ3) is 6.09. The molecule has 1 aliphatic heterocycles. The van der Waals surface area contributed by atoms with E-state index in [0.29, 0.717) is 30.0 Å². The Labute approximate surface area is 224 Å². The van der Waals surface area contributed by atoms with E-state index in [1.165, 1.54) is 0 Å². The summed E-state index contributed by atoms with van der Waals surface area (Å²) in [5, 5.41) is 8.79. The number of hydrogen-bond acceptors (Lipinski definition) is 8. The number of thiol groups is 1. The second kappa shape index (κ2) is 11.8. The lowest BCUT2D eigenvalue weighted by molar-refractivity contribution is 0.466. The van der Waals surface area contributed by atoms with Crippen LogP contribution in [0.3, 0.4) is 0 Å². The molecular formula is C28H32N6O3S. The maximum Gasteiger partial charge on any atom is 0.228 e. The molecule has 0 spiro atoms. The molecular weight excluding hydrogens is 500 g/mol. The Balaban J connectivity index is 1.46. The van der Waals surface area contributed by atoms with Gasteiger partial charge in [0.2, 0.25) is 22.7 Å². The summed E-state index contributed by atoms with van der Waals surface area (Å²) in [7, 11) is -2.66. The van der Waals surface area contributed by atoms with Gasteiger partial charge in [-0.05, 0) is 74.4 Å². The van der Waals surface area contributed by atoms with E-state index in [9.17, 15) is 8.42 Å². The second-order valence-corrected chi connectivity index (χ2v) is 10.4. The topological polar surface area (TPSA) is 118 Å². The molecule has 0 aliphatic carbocycles. The predicted molar refractivity (Wildman–Crippen MR) is 150 cm³/mol. The lowest BCUT2D eigenvalue weighted by atomic mass is 9.97. The zero-order valence-corrected chi connectivity index (χ0v) is 22.4. The van der Waals surface area contributed by atoms with Crippen LogP contribution in [0.15, 0.2) is 60.9 Å². The van der Waals surface area contributed by atoms with Crippen LogP contribution < -0.4 is 20.1 Å². The summed E-state index contributed by atoms with van der Waals surface area (Å²) in [5.74, 6) is 1.75. The standard InChI is InChI=1S/C28H32N6O3S/c1-18-10-11-22-20(16-19(2)34-38(35)36)6-3-8-23(22)26(18)37-27-24(9-5-14-30-27)25-12-15-31-28(33-25)32-21-7-4-13-29-17-21/h3,5-6,8-12,14-15,19,21,29,38H,4,7,13,16-17H2,1-2H3,(H,31,32,33)(H,34,35,36). The van der Waals surface area contributed by atoms with E-state index < -0.39 is 10.9 Å². The number of hydrogen-bond donors (Lipinski definition) is 4. The SMILES string of the molecule is Cc1ccc2c(CC(C)N[SH](=O)=O)cccc2c1Oc1ncccc1-c1ccnc(NC2CCCNC2)n1. The highest BCUT2D eigenvalue weighted by Gasteiger charge is 2.18. The van der Waals surface area contributed by atoms with Crippen LogP contribution in [0.5, 0.6) is 11.6 Å². The van der Waals surface area contributed by atoms with E-state index in [4.69, 9.17) is 9.72 Å². The van der Waals surface area contributed by atoms with Crippen LogP contribution in [0.2, 0.25) is 0 Å². The van der Waals surface area contributed by atoms with Crippen molar-refractivity contribution in [3.8, 4) is 22.9 Å². The van der Waals surface area contributed by atoms with Gasteiger partial charge in [-0.3, -0.25) is 0 Å². The fourth-order valence-corrected chi connectivity index (χ4v) is 5.32. The van der Waals surface area contributed by atoms with Crippen molar-refractivity contribution >= 4 is 27.6 Å². The third-order valence-corrected chi connectivity index (χ3v) is 7.33. The first-order valence-electron chi connectivity index (χ1n) is 12.8. The number of pyridine rings is 1.